The largest absolute Gasteiger partial charge is 0.456 e. The van der Waals surface area contributed by atoms with Crippen LogP contribution in [-0.2, 0) is 42.9 Å². The molecule has 1 aliphatic heterocycles. The lowest BCUT2D eigenvalue weighted by atomic mass is 10.0. The van der Waals surface area contributed by atoms with Crippen molar-refractivity contribution in [1.29, 1.82) is 0 Å². The molecule has 1 fully saturated rings. The van der Waals surface area contributed by atoms with Crippen molar-refractivity contribution in [1.82, 2.24) is 4.98 Å². The first-order chi connectivity index (χ1) is 17.9. The predicted octanol–water partition coefficient (Wildman–Crippen LogP) is 3.83. The van der Waals surface area contributed by atoms with Crippen LogP contribution in [0, 0.1) is 0 Å². The number of rotatable bonds is 11. The maximum atomic E-state index is 12.7. The number of carbonyl (C=O) groups excluding carboxylic acids is 4. The van der Waals surface area contributed by atoms with E-state index in [0.29, 0.717) is 12.8 Å². The Kier molecular flexibility index (Phi) is 10.3. The van der Waals surface area contributed by atoms with Gasteiger partial charge in [-0.1, -0.05) is 39.0 Å². The molecule has 0 radical (unpaired) electrons. The van der Waals surface area contributed by atoms with Gasteiger partial charge in [0, 0.05) is 48.0 Å². The Morgan fingerprint density at radius 2 is 1.59 bits per heavy atom. The topological polar surface area (TPSA) is 130 Å². The van der Waals surface area contributed by atoms with Gasteiger partial charge in [0.15, 0.2) is 12.2 Å². The number of hydrogen-bond donors (Lipinski definition) is 1. The summed E-state index contributed by atoms with van der Waals surface area (Å²) in [5, 5.41) is 0.926. The van der Waals surface area contributed by atoms with Gasteiger partial charge in [0.1, 0.15) is 0 Å². The van der Waals surface area contributed by atoms with Gasteiger partial charge in [0.05, 0.1) is 6.61 Å². The van der Waals surface area contributed by atoms with Crippen LogP contribution in [0.2, 0.25) is 0 Å². The Morgan fingerprint density at radius 3 is 2.30 bits per heavy atom. The summed E-state index contributed by atoms with van der Waals surface area (Å²) < 4.78 is 27.6. The zero-order valence-electron chi connectivity index (χ0n) is 21.3. The zero-order chi connectivity index (χ0) is 26.8. The number of hydrogen-bond acceptors (Lipinski definition) is 9. The lowest BCUT2D eigenvalue weighted by molar-refractivity contribution is -0.274. The van der Waals surface area contributed by atoms with Gasteiger partial charge in [0.2, 0.25) is 12.4 Å². The molecule has 0 spiro atoms. The van der Waals surface area contributed by atoms with E-state index in [0.717, 1.165) is 16.5 Å². The summed E-state index contributed by atoms with van der Waals surface area (Å²) in [4.78, 5) is 52.6. The summed E-state index contributed by atoms with van der Waals surface area (Å²) in [6.07, 6.45) is 0.996. The fourth-order valence-electron chi connectivity index (χ4n) is 3.84. The fourth-order valence-corrected chi connectivity index (χ4v) is 3.84. The number of benzene rings is 1. The highest BCUT2D eigenvalue weighted by molar-refractivity contribution is 5.94. The molecule has 1 aliphatic rings. The number of aromatic amines is 1. The van der Waals surface area contributed by atoms with Gasteiger partial charge in [-0.15, -0.1) is 0 Å². The third kappa shape index (κ3) is 7.66. The van der Waals surface area contributed by atoms with Gasteiger partial charge < -0.3 is 28.7 Å². The molecule has 1 aromatic heterocycles. The van der Waals surface area contributed by atoms with E-state index in [1.165, 1.54) is 6.08 Å². The van der Waals surface area contributed by atoms with Gasteiger partial charge in [-0.25, -0.2) is 4.79 Å². The molecule has 0 aliphatic carbocycles. The Balaban J connectivity index is 1.80. The van der Waals surface area contributed by atoms with Crippen molar-refractivity contribution in [2.24, 2.45) is 0 Å². The van der Waals surface area contributed by atoms with Gasteiger partial charge in [0.25, 0.3) is 0 Å². The molecular weight excluding hydrogens is 482 g/mol. The Bertz CT molecular complexity index is 1120. The van der Waals surface area contributed by atoms with Crippen LogP contribution in [0.25, 0.3) is 17.0 Å². The van der Waals surface area contributed by atoms with Crippen molar-refractivity contribution < 1.29 is 42.9 Å². The van der Waals surface area contributed by atoms with Crippen LogP contribution < -0.4 is 0 Å². The van der Waals surface area contributed by atoms with Crippen LogP contribution in [0.15, 0.2) is 36.5 Å². The summed E-state index contributed by atoms with van der Waals surface area (Å²) in [7, 11) is 0. The smallest absolute Gasteiger partial charge is 0.333 e. The minimum Gasteiger partial charge on any atom is -0.456 e. The lowest BCUT2D eigenvalue weighted by Gasteiger charge is -2.40. The minimum absolute atomic E-state index is 0.0214. The van der Waals surface area contributed by atoms with Crippen molar-refractivity contribution in [2.75, 3.05) is 6.61 Å². The minimum atomic E-state index is -1.38. The third-order valence-electron chi connectivity index (χ3n) is 5.65. The molecule has 200 valence electrons. The zero-order valence-corrected chi connectivity index (χ0v) is 21.3. The van der Waals surface area contributed by atoms with E-state index in [1.807, 2.05) is 38.1 Å². The Labute approximate surface area is 215 Å². The standard InChI is InChI=1S/C27H33NO9/c1-4-9-22(30)34-20-16-33-27(26(35-21(29)6-3)25(20)36-23(31)10-5-2)37-24(32)14-13-17-15-28-19-12-8-7-11-18(17)19/h7-8,11-15,20,25-28H,4-6,9-10,16H2,1-3H3/b14-13+/t20-,25+,26-,27+/m1/s1. The van der Waals surface area contributed by atoms with E-state index in [-0.39, 0.29) is 25.9 Å². The van der Waals surface area contributed by atoms with Crippen molar-refractivity contribution in [3.05, 3.63) is 42.1 Å². The summed E-state index contributed by atoms with van der Waals surface area (Å²) >= 11 is 0. The van der Waals surface area contributed by atoms with Crippen molar-refractivity contribution >= 4 is 40.9 Å². The molecular formula is C27H33NO9. The molecule has 10 nitrogen and oxygen atoms in total. The average Bonchev–Trinajstić information content (AvgIpc) is 3.29. The first-order valence-corrected chi connectivity index (χ1v) is 12.5. The summed E-state index contributed by atoms with van der Waals surface area (Å²) in [6, 6.07) is 7.61. The SMILES string of the molecule is CCCC(=O)O[C@@H]1[C@@H](OC(=O)CC)[C@H](OC(=O)/C=C/c2c[nH]c3ccccc23)OC[C@H]1OC(=O)CCC. The van der Waals surface area contributed by atoms with Gasteiger partial charge in [-0.3, -0.25) is 14.4 Å². The summed E-state index contributed by atoms with van der Waals surface area (Å²) in [5.74, 6) is -2.45. The van der Waals surface area contributed by atoms with E-state index >= 15 is 0 Å². The molecule has 2 aromatic rings. The van der Waals surface area contributed by atoms with Gasteiger partial charge >= 0.3 is 23.9 Å². The van der Waals surface area contributed by atoms with Crippen molar-refractivity contribution in [3.8, 4) is 0 Å². The number of H-pyrrole nitrogens is 1. The van der Waals surface area contributed by atoms with E-state index < -0.39 is 48.5 Å². The van der Waals surface area contributed by atoms with E-state index in [9.17, 15) is 19.2 Å². The second-order valence-electron chi connectivity index (χ2n) is 8.55. The second kappa shape index (κ2) is 13.6. The molecule has 0 saturated carbocycles. The maximum absolute atomic E-state index is 12.7. The quantitative estimate of drug-likeness (QED) is 0.269. The molecule has 1 aromatic carbocycles. The normalized spacial score (nSPS) is 21.5. The number of para-hydroxylation sites is 1. The molecule has 0 unspecified atom stereocenters. The van der Waals surface area contributed by atoms with E-state index in [4.69, 9.17) is 23.7 Å². The van der Waals surface area contributed by atoms with Crippen LogP contribution in [0.1, 0.15) is 58.4 Å². The molecule has 10 heteroatoms. The van der Waals surface area contributed by atoms with Gasteiger partial charge in [-0.2, -0.15) is 0 Å². The average molecular weight is 516 g/mol. The van der Waals surface area contributed by atoms with Crippen LogP contribution in [0.5, 0.6) is 0 Å². The van der Waals surface area contributed by atoms with E-state index in [1.54, 1.807) is 19.2 Å². The number of ether oxygens (including phenoxy) is 5. The number of nitrogens with one attached hydrogen (secondary N) is 1. The monoisotopic (exact) mass is 515 g/mol. The van der Waals surface area contributed by atoms with E-state index in [2.05, 4.69) is 4.98 Å². The third-order valence-corrected chi connectivity index (χ3v) is 5.65. The molecule has 0 bridgehead atoms. The molecule has 4 atom stereocenters. The van der Waals surface area contributed by atoms with Gasteiger partial charge in [-0.05, 0) is 25.0 Å². The summed E-state index contributed by atoms with van der Waals surface area (Å²) in [6.45, 7) is 5.00. The first kappa shape index (κ1) is 27.9. The fraction of sp³-hybridized carbons (Fsp3) is 0.481. The molecule has 0 amide bonds. The highest BCUT2D eigenvalue weighted by Crippen LogP contribution is 2.27. The predicted molar refractivity (Wildman–Crippen MR) is 133 cm³/mol. The van der Waals surface area contributed by atoms with Crippen LogP contribution in [0.4, 0.5) is 0 Å². The number of esters is 4. The Morgan fingerprint density at radius 1 is 0.919 bits per heavy atom. The van der Waals surface area contributed by atoms with Crippen LogP contribution in [0.3, 0.4) is 0 Å². The molecule has 1 N–H and O–H groups in total. The molecule has 2 heterocycles. The van der Waals surface area contributed by atoms with Crippen molar-refractivity contribution in [3.63, 3.8) is 0 Å². The molecule has 37 heavy (non-hydrogen) atoms. The molecule has 3 rings (SSSR count). The number of fused-ring (bicyclic) bond motifs is 1. The number of aromatic nitrogens is 1. The lowest BCUT2D eigenvalue weighted by Crippen LogP contribution is -2.58. The van der Waals surface area contributed by atoms with Crippen LogP contribution in [-0.4, -0.2) is 60.1 Å². The maximum Gasteiger partial charge on any atom is 0.333 e. The first-order valence-electron chi connectivity index (χ1n) is 12.5. The van der Waals surface area contributed by atoms with Crippen LogP contribution >= 0.6 is 0 Å². The number of carbonyl (C=O) groups is 4. The summed E-state index contributed by atoms with van der Waals surface area (Å²) in [5.41, 5.74) is 1.69. The molecule has 1 saturated heterocycles. The highest BCUT2D eigenvalue weighted by Gasteiger charge is 2.49. The Hall–Kier alpha value is -3.66. The highest BCUT2D eigenvalue weighted by atomic mass is 16.7. The second-order valence-corrected chi connectivity index (χ2v) is 8.55. The van der Waals surface area contributed by atoms with Crippen molar-refractivity contribution in [2.45, 2.75) is 77.5 Å².